The number of ether oxygens (including phenoxy) is 2. The van der Waals surface area contributed by atoms with Crippen LogP contribution in [0.5, 0.6) is 0 Å². The van der Waals surface area contributed by atoms with E-state index < -0.39 is 6.29 Å². The van der Waals surface area contributed by atoms with Gasteiger partial charge in [-0.15, -0.1) is 0 Å². The van der Waals surface area contributed by atoms with E-state index in [1.165, 1.54) is 6.33 Å². The fourth-order valence-electron chi connectivity index (χ4n) is 2.97. The number of nitrogens with one attached hydrogen (secondary N) is 1. The number of anilines is 1. The normalized spacial score (nSPS) is 26.5. The highest BCUT2D eigenvalue weighted by atomic mass is 16.6. The number of hydrogen-bond donors (Lipinski definition) is 2. The van der Waals surface area contributed by atoms with E-state index in [2.05, 4.69) is 20.4 Å². The van der Waals surface area contributed by atoms with Crippen LogP contribution in [0.1, 0.15) is 25.5 Å². The molecular formula is C14H20N6O3. The molecule has 4 heterocycles. The summed E-state index contributed by atoms with van der Waals surface area (Å²) in [6.45, 7) is 2.27. The van der Waals surface area contributed by atoms with Crippen LogP contribution in [0.15, 0.2) is 12.7 Å². The minimum atomic E-state index is -0.790. The molecule has 9 nitrogen and oxygen atoms in total. The van der Waals surface area contributed by atoms with Gasteiger partial charge >= 0.3 is 0 Å². The second-order valence-corrected chi connectivity index (χ2v) is 5.75. The number of imidazole rings is 1. The summed E-state index contributed by atoms with van der Waals surface area (Å²) in [5, 5.41) is 11.4. The quantitative estimate of drug-likeness (QED) is 0.844. The van der Waals surface area contributed by atoms with Crippen LogP contribution in [0.3, 0.4) is 0 Å². The third kappa shape index (κ3) is 3.00. The fraction of sp³-hybridized carbons (Fsp3) is 0.643. The number of aromatic nitrogens is 4. The van der Waals surface area contributed by atoms with E-state index in [0.29, 0.717) is 31.0 Å². The van der Waals surface area contributed by atoms with Gasteiger partial charge in [0.1, 0.15) is 12.6 Å². The predicted octanol–water partition coefficient (Wildman–Crippen LogP) is 0.503. The molecule has 2 aliphatic rings. The van der Waals surface area contributed by atoms with Crippen molar-refractivity contribution in [3.63, 3.8) is 0 Å². The summed E-state index contributed by atoms with van der Waals surface area (Å²) >= 11 is 0. The molecule has 0 aliphatic carbocycles. The summed E-state index contributed by atoms with van der Waals surface area (Å²) in [5.41, 5.74) is 4.65. The molecule has 2 fully saturated rings. The molecule has 124 valence electrons. The summed E-state index contributed by atoms with van der Waals surface area (Å²) in [5.74, 6) is 0.624. The molecular weight excluding hydrogens is 300 g/mol. The van der Waals surface area contributed by atoms with Gasteiger partial charge in [-0.3, -0.25) is 4.57 Å². The smallest absolute Gasteiger partial charge is 0.172 e. The number of fused-ring (bicyclic) bond motifs is 1. The highest BCUT2D eigenvalue weighted by Gasteiger charge is 2.22. The maximum atomic E-state index is 9.57. The molecule has 2 saturated heterocycles. The lowest BCUT2D eigenvalue weighted by Crippen LogP contribution is -2.45. The lowest BCUT2D eigenvalue weighted by molar-refractivity contribution is -0.141. The minimum absolute atomic E-state index is 0.0123. The van der Waals surface area contributed by atoms with Crippen molar-refractivity contribution in [3.8, 4) is 0 Å². The van der Waals surface area contributed by atoms with Gasteiger partial charge in [0.25, 0.3) is 0 Å². The van der Waals surface area contributed by atoms with Gasteiger partial charge in [0, 0.05) is 13.2 Å². The van der Waals surface area contributed by atoms with Crippen LogP contribution in [-0.2, 0) is 9.47 Å². The molecule has 0 bridgehead atoms. The topological polar surface area (TPSA) is 97.6 Å². The molecule has 2 atom stereocenters. The van der Waals surface area contributed by atoms with Gasteiger partial charge in [-0.25, -0.2) is 20.0 Å². The largest absolute Gasteiger partial charge is 0.367 e. The number of β-amino-alcohol motifs (C(OH)–C–C–N with tert-alkyl or cyclic N) is 1. The van der Waals surface area contributed by atoms with E-state index in [1.807, 2.05) is 9.58 Å². The Labute approximate surface area is 133 Å². The summed E-state index contributed by atoms with van der Waals surface area (Å²) in [6.07, 6.45) is 5.69. The number of aliphatic hydroxyl groups excluding tert-OH is 1. The van der Waals surface area contributed by atoms with Gasteiger partial charge in [0.05, 0.1) is 19.5 Å². The summed E-state index contributed by atoms with van der Waals surface area (Å²) in [6, 6.07) is 0. The van der Waals surface area contributed by atoms with Crippen molar-refractivity contribution in [2.24, 2.45) is 0 Å². The van der Waals surface area contributed by atoms with E-state index in [1.54, 1.807) is 6.33 Å². The average molecular weight is 320 g/mol. The van der Waals surface area contributed by atoms with Crippen LogP contribution >= 0.6 is 0 Å². The Bertz CT molecular complexity index is 672. The Morgan fingerprint density at radius 3 is 2.96 bits per heavy atom. The van der Waals surface area contributed by atoms with Gasteiger partial charge in [-0.2, -0.15) is 0 Å². The van der Waals surface area contributed by atoms with Crippen molar-refractivity contribution in [2.45, 2.75) is 31.8 Å². The average Bonchev–Trinajstić information content (AvgIpc) is 3.01. The second kappa shape index (κ2) is 6.36. The molecule has 0 saturated carbocycles. The molecule has 0 amide bonds. The number of hydrazine groups is 1. The highest BCUT2D eigenvalue weighted by Crippen LogP contribution is 2.27. The SMILES string of the molecule is OC1CN(Nc2ncnc3c2ncn3C2CCCCO2)CCO1. The van der Waals surface area contributed by atoms with Gasteiger partial charge in [0.15, 0.2) is 23.3 Å². The van der Waals surface area contributed by atoms with E-state index in [-0.39, 0.29) is 6.23 Å². The van der Waals surface area contributed by atoms with Crippen molar-refractivity contribution in [1.29, 1.82) is 0 Å². The fourth-order valence-corrected chi connectivity index (χ4v) is 2.97. The molecule has 2 aromatic rings. The number of morpholine rings is 1. The summed E-state index contributed by atoms with van der Waals surface area (Å²) in [7, 11) is 0. The standard InChI is InChI=1S/C14H20N6O3/c21-11-7-19(4-6-23-11)18-13-12-14(16-8-15-13)20(9-17-12)10-3-1-2-5-22-10/h8-11,21H,1-7H2,(H,15,16,18). The molecule has 0 radical (unpaired) electrons. The Balaban J connectivity index is 1.59. The molecule has 2 N–H and O–H groups in total. The predicted molar refractivity (Wildman–Crippen MR) is 81.3 cm³/mol. The Hall–Kier alpha value is -1.81. The van der Waals surface area contributed by atoms with Crippen LogP contribution in [0.4, 0.5) is 5.82 Å². The molecule has 4 rings (SSSR count). The zero-order chi connectivity index (χ0) is 15.6. The van der Waals surface area contributed by atoms with Gasteiger partial charge in [-0.05, 0) is 19.3 Å². The monoisotopic (exact) mass is 320 g/mol. The number of aliphatic hydroxyl groups is 1. The number of rotatable bonds is 3. The minimum Gasteiger partial charge on any atom is -0.367 e. The third-order valence-electron chi connectivity index (χ3n) is 4.14. The Morgan fingerprint density at radius 1 is 1.17 bits per heavy atom. The van der Waals surface area contributed by atoms with Gasteiger partial charge < -0.3 is 20.0 Å². The summed E-state index contributed by atoms with van der Waals surface area (Å²) < 4.78 is 12.9. The first kappa shape index (κ1) is 14.8. The third-order valence-corrected chi connectivity index (χ3v) is 4.14. The van der Waals surface area contributed by atoms with Crippen LogP contribution < -0.4 is 5.43 Å². The first-order chi connectivity index (χ1) is 11.3. The highest BCUT2D eigenvalue weighted by molar-refractivity contribution is 5.82. The van der Waals surface area contributed by atoms with Crippen LogP contribution in [0.25, 0.3) is 11.2 Å². The zero-order valence-corrected chi connectivity index (χ0v) is 12.8. The second-order valence-electron chi connectivity index (χ2n) is 5.75. The molecule has 2 aliphatic heterocycles. The van der Waals surface area contributed by atoms with Crippen molar-refractivity contribution < 1.29 is 14.6 Å². The van der Waals surface area contributed by atoms with E-state index >= 15 is 0 Å². The van der Waals surface area contributed by atoms with E-state index in [9.17, 15) is 5.11 Å². The first-order valence-corrected chi connectivity index (χ1v) is 7.91. The molecule has 2 unspecified atom stereocenters. The molecule has 9 heteroatoms. The molecule has 0 spiro atoms. The molecule has 2 aromatic heterocycles. The van der Waals surface area contributed by atoms with Crippen LogP contribution in [-0.4, -0.2) is 62.2 Å². The van der Waals surface area contributed by atoms with E-state index in [0.717, 1.165) is 31.5 Å². The lowest BCUT2D eigenvalue weighted by atomic mass is 10.2. The maximum absolute atomic E-state index is 9.57. The first-order valence-electron chi connectivity index (χ1n) is 7.91. The van der Waals surface area contributed by atoms with Gasteiger partial charge in [-0.1, -0.05) is 0 Å². The van der Waals surface area contributed by atoms with E-state index in [4.69, 9.17) is 9.47 Å². The van der Waals surface area contributed by atoms with Crippen molar-refractivity contribution in [3.05, 3.63) is 12.7 Å². The number of nitrogens with zero attached hydrogens (tertiary/aromatic N) is 5. The number of hydrogen-bond acceptors (Lipinski definition) is 8. The van der Waals surface area contributed by atoms with Crippen LogP contribution in [0, 0.1) is 0 Å². The van der Waals surface area contributed by atoms with Crippen LogP contribution in [0.2, 0.25) is 0 Å². The summed E-state index contributed by atoms with van der Waals surface area (Å²) in [4.78, 5) is 13.1. The van der Waals surface area contributed by atoms with Crippen molar-refractivity contribution >= 4 is 17.0 Å². The zero-order valence-electron chi connectivity index (χ0n) is 12.8. The Kier molecular flexibility index (Phi) is 4.08. The molecule has 23 heavy (non-hydrogen) atoms. The Morgan fingerprint density at radius 2 is 2.13 bits per heavy atom. The molecule has 0 aromatic carbocycles. The van der Waals surface area contributed by atoms with Crippen molar-refractivity contribution in [2.75, 3.05) is 31.7 Å². The maximum Gasteiger partial charge on any atom is 0.172 e. The van der Waals surface area contributed by atoms with Crippen molar-refractivity contribution in [1.82, 2.24) is 24.5 Å². The lowest BCUT2D eigenvalue weighted by Gasteiger charge is -2.30. The van der Waals surface area contributed by atoms with Gasteiger partial charge in [0.2, 0.25) is 0 Å².